The van der Waals surface area contributed by atoms with Gasteiger partial charge in [-0.25, -0.2) is 0 Å². The van der Waals surface area contributed by atoms with Crippen molar-refractivity contribution in [3.63, 3.8) is 0 Å². The van der Waals surface area contributed by atoms with E-state index < -0.39 is 0 Å². The van der Waals surface area contributed by atoms with Crippen molar-refractivity contribution in [2.24, 2.45) is 11.7 Å². The molecule has 1 saturated carbocycles. The summed E-state index contributed by atoms with van der Waals surface area (Å²) in [4.78, 5) is 2.18. The standard InChI is InChI=1S/C14H18ClN3/c1-18(13-4-2-3-10(13)8-16)14-7-12(15)6-5-11(14)9-17/h5-7,10,13H,2-4,8,16H2,1H3. The summed E-state index contributed by atoms with van der Waals surface area (Å²) in [5, 5.41) is 9.84. The molecule has 0 radical (unpaired) electrons. The van der Waals surface area contributed by atoms with Gasteiger partial charge in [0, 0.05) is 18.1 Å². The molecule has 1 aromatic rings. The molecule has 3 nitrogen and oxygen atoms in total. The van der Waals surface area contributed by atoms with Gasteiger partial charge in [0.15, 0.2) is 0 Å². The molecule has 0 heterocycles. The quantitative estimate of drug-likeness (QED) is 0.912. The SMILES string of the molecule is CN(c1cc(Cl)ccc1C#N)C1CCCC1CN. The van der Waals surface area contributed by atoms with Gasteiger partial charge in [0.25, 0.3) is 0 Å². The molecule has 0 aliphatic heterocycles. The number of hydrogen-bond acceptors (Lipinski definition) is 3. The van der Waals surface area contributed by atoms with Gasteiger partial charge >= 0.3 is 0 Å². The maximum atomic E-state index is 9.18. The molecule has 0 amide bonds. The minimum atomic E-state index is 0.417. The molecule has 0 bridgehead atoms. The fourth-order valence-corrected chi connectivity index (χ4v) is 3.04. The Kier molecular flexibility index (Phi) is 4.11. The van der Waals surface area contributed by atoms with Crippen molar-refractivity contribution in [3.8, 4) is 6.07 Å². The molecule has 96 valence electrons. The Balaban J connectivity index is 2.30. The highest BCUT2D eigenvalue weighted by Crippen LogP contribution is 2.33. The highest BCUT2D eigenvalue weighted by Gasteiger charge is 2.30. The molecule has 1 fully saturated rings. The lowest BCUT2D eigenvalue weighted by Crippen LogP contribution is -2.38. The lowest BCUT2D eigenvalue weighted by molar-refractivity contribution is 0.474. The van der Waals surface area contributed by atoms with Crippen LogP contribution < -0.4 is 10.6 Å². The van der Waals surface area contributed by atoms with Gasteiger partial charge in [-0.3, -0.25) is 0 Å². The van der Waals surface area contributed by atoms with E-state index in [9.17, 15) is 5.26 Å². The summed E-state index contributed by atoms with van der Waals surface area (Å²) in [6, 6.07) is 8.05. The minimum Gasteiger partial charge on any atom is -0.370 e. The van der Waals surface area contributed by atoms with Crippen LogP contribution in [0.4, 0.5) is 5.69 Å². The predicted octanol–water partition coefficient (Wildman–Crippen LogP) is 2.78. The zero-order valence-electron chi connectivity index (χ0n) is 10.6. The zero-order chi connectivity index (χ0) is 13.1. The van der Waals surface area contributed by atoms with Crippen LogP contribution in [0.5, 0.6) is 0 Å². The third-order valence-corrected chi connectivity index (χ3v) is 4.11. The van der Waals surface area contributed by atoms with Gasteiger partial charge in [-0.1, -0.05) is 18.0 Å². The summed E-state index contributed by atoms with van der Waals surface area (Å²) in [6.07, 6.45) is 3.52. The van der Waals surface area contributed by atoms with Crippen molar-refractivity contribution in [2.45, 2.75) is 25.3 Å². The second-order valence-electron chi connectivity index (χ2n) is 4.88. The third-order valence-electron chi connectivity index (χ3n) is 3.88. The topological polar surface area (TPSA) is 53.0 Å². The van der Waals surface area contributed by atoms with E-state index >= 15 is 0 Å². The van der Waals surface area contributed by atoms with Crippen molar-refractivity contribution < 1.29 is 0 Å². The van der Waals surface area contributed by atoms with Crippen molar-refractivity contribution in [3.05, 3.63) is 28.8 Å². The van der Waals surface area contributed by atoms with Gasteiger partial charge in [0.05, 0.1) is 11.3 Å². The largest absolute Gasteiger partial charge is 0.370 e. The molecule has 1 aliphatic carbocycles. The number of rotatable bonds is 3. The van der Waals surface area contributed by atoms with E-state index in [-0.39, 0.29) is 0 Å². The van der Waals surface area contributed by atoms with E-state index in [1.54, 1.807) is 12.1 Å². The molecule has 1 aromatic carbocycles. The molecule has 0 spiro atoms. The molecule has 2 atom stereocenters. The number of nitrogens with two attached hydrogens (primary N) is 1. The van der Waals surface area contributed by atoms with E-state index in [1.807, 2.05) is 13.1 Å². The lowest BCUT2D eigenvalue weighted by atomic mass is 10.0. The normalized spacial score (nSPS) is 22.8. The van der Waals surface area contributed by atoms with Crippen LogP contribution >= 0.6 is 11.6 Å². The van der Waals surface area contributed by atoms with Crippen LogP contribution in [0.1, 0.15) is 24.8 Å². The monoisotopic (exact) mass is 263 g/mol. The van der Waals surface area contributed by atoms with E-state index in [0.29, 0.717) is 29.1 Å². The molecule has 0 aromatic heterocycles. The summed E-state index contributed by atoms with van der Waals surface area (Å²) in [5.74, 6) is 0.514. The molecular weight excluding hydrogens is 246 g/mol. The second kappa shape index (κ2) is 5.60. The number of nitrogens with zero attached hydrogens (tertiary/aromatic N) is 2. The predicted molar refractivity (Wildman–Crippen MR) is 74.8 cm³/mol. The van der Waals surface area contributed by atoms with E-state index in [0.717, 1.165) is 12.1 Å². The first kappa shape index (κ1) is 13.2. The average molecular weight is 264 g/mol. The molecule has 18 heavy (non-hydrogen) atoms. The van der Waals surface area contributed by atoms with Gasteiger partial charge in [-0.2, -0.15) is 5.26 Å². The fourth-order valence-electron chi connectivity index (χ4n) is 2.87. The van der Waals surface area contributed by atoms with E-state index in [1.165, 1.54) is 12.8 Å². The summed E-state index contributed by atoms with van der Waals surface area (Å²) >= 11 is 6.03. The molecular formula is C14H18ClN3. The van der Waals surface area contributed by atoms with E-state index in [2.05, 4.69) is 11.0 Å². The summed E-state index contributed by atoms with van der Waals surface area (Å²) < 4.78 is 0. The fraction of sp³-hybridized carbons (Fsp3) is 0.500. The first-order chi connectivity index (χ1) is 8.67. The van der Waals surface area contributed by atoms with Crippen LogP contribution in [-0.4, -0.2) is 19.6 Å². The Morgan fingerprint density at radius 1 is 1.50 bits per heavy atom. The zero-order valence-corrected chi connectivity index (χ0v) is 11.3. The number of benzene rings is 1. The van der Waals surface area contributed by atoms with Crippen LogP contribution in [0.25, 0.3) is 0 Å². The molecule has 4 heteroatoms. The van der Waals surface area contributed by atoms with E-state index in [4.69, 9.17) is 17.3 Å². The highest BCUT2D eigenvalue weighted by atomic mass is 35.5. The lowest BCUT2D eigenvalue weighted by Gasteiger charge is -2.31. The van der Waals surface area contributed by atoms with Crippen molar-refractivity contribution in [2.75, 3.05) is 18.5 Å². The second-order valence-corrected chi connectivity index (χ2v) is 5.31. The van der Waals surface area contributed by atoms with Crippen molar-refractivity contribution in [1.29, 1.82) is 5.26 Å². The van der Waals surface area contributed by atoms with Gasteiger partial charge in [0.1, 0.15) is 6.07 Å². The molecule has 0 saturated heterocycles. The van der Waals surface area contributed by atoms with Gasteiger partial charge in [0.2, 0.25) is 0 Å². The van der Waals surface area contributed by atoms with Crippen molar-refractivity contribution in [1.82, 2.24) is 0 Å². The van der Waals surface area contributed by atoms with Crippen LogP contribution in [0.3, 0.4) is 0 Å². The van der Waals surface area contributed by atoms with Gasteiger partial charge in [-0.05, 0) is 43.5 Å². The highest BCUT2D eigenvalue weighted by molar-refractivity contribution is 6.30. The Morgan fingerprint density at radius 2 is 2.28 bits per heavy atom. The number of anilines is 1. The number of nitriles is 1. The summed E-state index contributed by atoms with van der Waals surface area (Å²) in [5.41, 5.74) is 7.41. The van der Waals surface area contributed by atoms with Crippen LogP contribution in [0.15, 0.2) is 18.2 Å². The number of halogens is 1. The molecule has 2 rings (SSSR count). The minimum absolute atomic E-state index is 0.417. The molecule has 1 aliphatic rings. The van der Waals surface area contributed by atoms with Crippen LogP contribution in [0.2, 0.25) is 5.02 Å². The van der Waals surface area contributed by atoms with Crippen molar-refractivity contribution >= 4 is 17.3 Å². The Hall–Kier alpha value is -1.24. The van der Waals surface area contributed by atoms with Crippen LogP contribution in [-0.2, 0) is 0 Å². The summed E-state index contributed by atoms with van der Waals surface area (Å²) in [6.45, 7) is 0.706. The maximum Gasteiger partial charge on any atom is 0.101 e. The van der Waals surface area contributed by atoms with Crippen LogP contribution in [0, 0.1) is 17.2 Å². The first-order valence-corrected chi connectivity index (χ1v) is 6.67. The Bertz CT molecular complexity index is 467. The van der Waals surface area contributed by atoms with Gasteiger partial charge in [-0.15, -0.1) is 0 Å². The maximum absolute atomic E-state index is 9.18. The average Bonchev–Trinajstić information content (AvgIpc) is 2.86. The molecule has 2 unspecified atom stereocenters. The Labute approximate surface area is 113 Å². The smallest absolute Gasteiger partial charge is 0.101 e. The first-order valence-electron chi connectivity index (χ1n) is 6.30. The van der Waals surface area contributed by atoms with Gasteiger partial charge < -0.3 is 10.6 Å². The Morgan fingerprint density at radius 3 is 2.94 bits per heavy atom. The third kappa shape index (κ3) is 2.45. The molecule has 2 N–H and O–H groups in total. The number of hydrogen-bond donors (Lipinski definition) is 1. The summed E-state index contributed by atoms with van der Waals surface area (Å²) in [7, 11) is 2.03.